The Kier molecular flexibility index (Phi) is 5.86. The van der Waals surface area contributed by atoms with Gasteiger partial charge in [0.25, 0.3) is 0 Å². The number of nitrogens with zero attached hydrogens (tertiary/aromatic N) is 2. The molecule has 0 N–H and O–H groups in total. The van der Waals surface area contributed by atoms with Crippen LogP contribution in [-0.2, 0) is 17.8 Å². The van der Waals surface area contributed by atoms with Crippen LogP contribution in [0.25, 0.3) is 0 Å². The number of hydrogen-bond acceptors (Lipinski definition) is 4. The molecule has 1 aromatic heterocycles. The zero-order valence-corrected chi connectivity index (χ0v) is 17.1. The number of carbonyl (C=O) groups is 1. The highest BCUT2D eigenvalue weighted by atomic mass is 35.5. The molecule has 3 aromatic rings. The van der Waals surface area contributed by atoms with Gasteiger partial charge in [-0.05, 0) is 43.0 Å². The minimum Gasteiger partial charge on any atom is -0.445 e. The molecule has 0 aliphatic carbocycles. The molecular formula is C23H23ClN2O3. The van der Waals surface area contributed by atoms with Gasteiger partial charge in [-0.15, -0.1) is 0 Å². The first-order valence-electron chi connectivity index (χ1n) is 9.78. The van der Waals surface area contributed by atoms with Crippen LogP contribution < -0.4 is 0 Å². The second-order valence-electron chi connectivity index (χ2n) is 7.31. The van der Waals surface area contributed by atoms with Gasteiger partial charge in [0.15, 0.2) is 5.76 Å². The number of ether oxygens (including phenoxy) is 1. The summed E-state index contributed by atoms with van der Waals surface area (Å²) in [6.07, 6.45) is 2.11. The van der Waals surface area contributed by atoms with E-state index in [1.807, 2.05) is 61.5 Å². The third-order valence-electron chi connectivity index (χ3n) is 5.30. The first-order valence-corrected chi connectivity index (χ1v) is 10.2. The van der Waals surface area contributed by atoms with E-state index in [1.54, 1.807) is 4.90 Å². The summed E-state index contributed by atoms with van der Waals surface area (Å²) >= 11 is 6.00. The summed E-state index contributed by atoms with van der Waals surface area (Å²) in [6, 6.07) is 17.3. The Hall–Kier alpha value is -2.79. The molecule has 1 fully saturated rings. The highest BCUT2D eigenvalue weighted by Crippen LogP contribution is 2.36. The lowest BCUT2D eigenvalue weighted by molar-refractivity contribution is 0.0873. The van der Waals surface area contributed by atoms with Crippen molar-refractivity contribution in [2.24, 2.45) is 0 Å². The fraction of sp³-hybridized carbons (Fsp3) is 0.304. The molecule has 0 bridgehead atoms. The molecule has 1 unspecified atom stereocenters. The van der Waals surface area contributed by atoms with Crippen LogP contribution in [-0.4, -0.2) is 22.7 Å². The number of aromatic nitrogens is 1. The molecule has 0 saturated carbocycles. The number of amides is 1. The summed E-state index contributed by atoms with van der Waals surface area (Å²) in [5.41, 5.74) is 3.97. The molecule has 0 spiro atoms. The van der Waals surface area contributed by atoms with Crippen LogP contribution in [0, 0.1) is 6.92 Å². The minimum absolute atomic E-state index is 0.151. The van der Waals surface area contributed by atoms with Gasteiger partial charge >= 0.3 is 6.09 Å². The van der Waals surface area contributed by atoms with Crippen LogP contribution in [0.4, 0.5) is 4.79 Å². The van der Waals surface area contributed by atoms with Gasteiger partial charge in [-0.2, -0.15) is 0 Å². The molecule has 29 heavy (non-hydrogen) atoms. The van der Waals surface area contributed by atoms with Crippen molar-refractivity contribution in [1.29, 1.82) is 0 Å². The predicted octanol–water partition coefficient (Wildman–Crippen LogP) is 5.70. The Morgan fingerprint density at radius 1 is 1.17 bits per heavy atom. The fourth-order valence-corrected chi connectivity index (χ4v) is 3.88. The van der Waals surface area contributed by atoms with E-state index in [1.165, 1.54) is 0 Å². The molecule has 1 aliphatic rings. The van der Waals surface area contributed by atoms with E-state index in [-0.39, 0.29) is 18.7 Å². The summed E-state index contributed by atoms with van der Waals surface area (Å²) in [5.74, 6) is 0.756. The van der Waals surface area contributed by atoms with E-state index in [9.17, 15) is 4.79 Å². The molecule has 1 saturated heterocycles. The number of aryl methyl sites for hydroxylation is 1. The number of rotatable bonds is 5. The van der Waals surface area contributed by atoms with Crippen LogP contribution in [0.1, 0.15) is 47.0 Å². The Bertz CT molecular complexity index is 970. The van der Waals surface area contributed by atoms with Crippen molar-refractivity contribution >= 4 is 17.7 Å². The standard InChI is InChI=1S/C23H23ClN2O3/c1-16-20(14-17-9-11-19(24)12-10-17)22(29-25-16)21-8-5-13-26(21)23(27)28-15-18-6-3-2-4-7-18/h2-4,6-7,9-12,21H,5,8,13-15H2,1H3. The molecule has 4 rings (SSSR count). The van der Waals surface area contributed by atoms with Crippen LogP contribution in [0.2, 0.25) is 5.02 Å². The predicted molar refractivity (Wildman–Crippen MR) is 111 cm³/mol. The number of likely N-dealkylation sites (tertiary alicyclic amines) is 1. The van der Waals surface area contributed by atoms with E-state index in [0.29, 0.717) is 18.0 Å². The van der Waals surface area contributed by atoms with E-state index < -0.39 is 0 Å². The largest absolute Gasteiger partial charge is 0.445 e. The maximum absolute atomic E-state index is 12.7. The van der Waals surface area contributed by atoms with Gasteiger partial charge in [0.1, 0.15) is 6.61 Å². The van der Waals surface area contributed by atoms with Gasteiger partial charge in [-0.25, -0.2) is 4.79 Å². The van der Waals surface area contributed by atoms with Gasteiger partial charge in [-0.3, -0.25) is 4.90 Å². The van der Waals surface area contributed by atoms with Crippen molar-refractivity contribution < 1.29 is 14.1 Å². The van der Waals surface area contributed by atoms with E-state index in [4.69, 9.17) is 20.9 Å². The first-order chi connectivity index (χ1) is 14.1. The molecule has 150 valence electrons. The zero-order valence-electron chi connectivity index (χ0n) is 16.3. The summed E-state index contributed by atoms with van der Waals surface area (Å²) < 4.78 is 11.2. The zero-order chi connectivity index (χ0) is 20.2. The summed E-state index contributed by atoms with van der Waals surface area (Å²) in [5, 5.41) is 4.89. The molecule has 6 heteroatoms. The molecule has 1 atom stereocenters. The maximum Gasteiger partial charge on any atom is 0.410 e. The molecular weight excluding hydrogens is 388 g/mol. The average Bonchev–Trinajstić information content (AvgIpc) is 3.36. The van der Waals surface area contributed by atoms with E-state index in [2.05, 4.69) is 5.16 Å². The Balaban J connectivity index is 1.50. The first kappa shape index (κ1) is 19.5. The van der Waals surface area contributed by atoms with Gasteiger partial charge in [0, 0.05) is 23.6 Å². The van der Waals surface area contributed by atoms with Crippen LogP contribution in [0.15, 0.2) is 59.1 Å². The van der Waals surface area contributed by atoms with Crippen LogP contribution in [0.3, 0.4) is 0 Å². The quantitative estimate of drug-likeness (QED) is 0.541. The monoisotopic (exact) mass is 410 g/mol. The lowest BCUT2D eigenvalue weighted by Gasteiger charge is -2.23. The smallest absolute Gasteiger partial charge is 0.410 e. The Morgan fingerprint density at radius 3 is 2.69 bits per heavy atom. The average molecular weight is 411 g/mol. The van der Waals surface area contributed by atoms with E-state index in [0.717, 1.165) is 41.0 Å². The van der Waals surface area contributed by atoms with Crippen molar-refractivity contribution in [2.75, 3.05) is 6.54 Å². The summed E-state index contributed by atoms with van der Waals surface area (Å²) in [6.45, 7) is 2.85. The lowest BCUT2D eigenvalue weighted by Crippen LogP contribution is -2.31. The Labute approximate surface area is 175 Å². The topological polar surface area (TPSA) is 55.6 Å². The van der Waals surface area contributed by atoms with Crippen LogP contribution >= 0.6 is 11.6 Å². The van der Waals surface area contributed by atoms with Crippen molar-refractivity contribution in [1.82, 2.24) is 10.1 Å². The van der Waals surface area contributed by atoms with Crippen molar-refractivity contribution in [2.45, 2.75) is 38.8 Å². The number of benzene rings is 2. The van der Waals surface area contributed by atoms with Crippen molar-refractivity contribution in [3.05, 3.63) is 87.8 Å². The highest BCUT2D eigenvalue weighted by molar-refractivity contribution is 6.30. The molecule has 2 heterocycles. The van der Waals surface area contributed by atoms with Gasteiger partial charge in [-0.1, -0.05) is 59.2 Å². The summed E-state index contributed by atoms with van der Waals surface area (Å²) in [4.78, 5) is 14.5. The molecule has 1 amide bonds. The van der Waals surface area contributed by atoms with Crippen molar-refractivity contribution in [3.63, 3.8) is 0 Å². The fourth-order valence-electron chi connectivity index (χ4n) is 3.75. The van der Waals surface area contributed by atoms with Gasteiger partial charge in [0.05, 0.1) is 11.7 Å². The lowest BCUT2D eigenvalue weighted by atomic mass is 9.99. The molecule has 0 radical (unpaired) electrons. The number of carbonyl (C=O) groups excluding carboxylic acids is 1. The minimum atomic E-state index is -0.317. The second kappa shape index (κ2) is 8.70. The number of halogens is 1. The highest BCUT2D eigenvalue weighted by Gasteiger charge is 2.36. The summed E-state index contributed by atoms with van der Waals surface area (Å²) in [7, 11) is 0. The second-order valence-corrected chi connectivity index (χ2v) is 7.74. The van der Waals surface area contributed by atoms with E-state index >= 15 is 0 Å². The van der Waals surface area contributed by atoms with Crippen molar-refractivity contribution in [3.8, 4) is 0 Å². The van der Waals surface area contributed by atoms with Gasteiger partial charge in [0.2, 0.25) is 0 Å². The molecule has 1 aliphatic heterocycles. The number of hydrogen-bond donors (Lipinski definition) is 0. The maximum atomic E-state index is 12.7. The third kappa shape index (κ3) is 4.46. The SMILES string of the molecule is Cc1noc(C2CCCN2C(=O)OCc2ccccc2)c1Cc1ccc(Cl)cc1. The Morgan fingerprint density at radius 2 is 1.93 bits per heavy atom. The normalized spacial score (nSPS) is 16.2. The third-order valence-corrected chi connectivity index (χ3v) is 5.56. The molecule has 5 nitrogen and oxygen atoms in total. The molecule has 2 aromatic carbocycles. The van der Waals surface area contributed by atoms with Crippen LogP contribution in [0.5, 0.6) is 0 Å². The van der Waals surface area contributed by atoms with Gasteiger partial charge < -0.3 is 9.26 Å².